The van der Waals surface area contributed by atoms with Gasteiger partial charge in [-0.15, -0.1) is 22.6 Å². The van der Waals surface area contributed by atoms with Gasteiger partial charge in [-0.05, 0) is 61.6 Å². The van der Waals surface area contributed by atoms with Gasteiger partial charge in [-0.25, -0.2) is 0 Å². The zero-order chi connectivity index (χ0) is 23.9. The number of benzene rings is 2. The van der Waals surface area contributed by atoms with Gasteiger partial charge in [-0.1, -0.05) is 24.3 Å². The molecular formula is C26H27ClF3N5. The highest BCUT2D eigenvalue weighted by Crippen LogP contribution is 2.59. The highest BCUT2D eigenvalue weighted by Gasteiger charge is 2.60. The van der Waals surface area contributed by atoms with E-state index in [4.69, 9.17) is 5.26 Å². The minimum Gasteiger partial charge on any atom is -0.314 e. The van der Waals surface area contributed by atoms with E-state index in [1.54, 1.807) is 18.2 Å². The summed E-state index contributed by atoms with van der Waals surface area (Å²) >= 11 is 0. The van der Waals surface area contributed by atoms with Crippen molar-refractivity contribution >= 4 is 12.4 Å². The molecule has 2 fully saturated rings. The van der Waals surface area contributed by atoms with Crippen LogP contribution in [0.4, 0.5) is 13.2 Å². The highest BCUT2D eigenvalue weighted by atomic mass is 35.5. The molecule has 0 spiro atoms. The number of hydrogen-bond donors (Lipinski definition) is 0. The molecule has 1 aliphatic carbocycles. The number of nitrogens with zero attached hydrogens (tertiary/aromatic N) is 5. The summed E-state index contributed by atoms with van der Waals surface area (Å²) in [6.45, 7) is 2.92. The normalized spacial score (nSPS) is 21.3. The fourth-order valence-electron chi connectivity index (χ4n) is 5.37. The van der Waals surface area contributed by atoms with Crippen molar-refractivity contribution in [1.82, 2.24) is 19.7 Å². The minimum atomic E-state index is -4.29. The summed E-state index contributed by atoms with van der Waals surface area (Å²) < 4.78 is 40.6. The van der Waals surface area contributed by atoms with Crippen molar-refractivity contribution in [3.63, 3.8) is 0 Å². The lowest BCUT2D eigenvalue weighted by Crippen LogP contribution is -2.27. The lowest BCUT2D eigenvalue weighted by molar-refractivity contribution is -0.137. The Kier molecular flexibility index (Phi) is 6.94. The number of aromatic nitrogens is 3. The highest BCUT2D eigenvalue weighted by molar-refractivity contribution is 5.85. The molecule has 1 saturated heterocycles. The zero-order valence-electron chi connectivity index (χ0n) is 19.4. The van der Waals surface area contributed by atoms with Crippen LogP contribution in [-0.2, 0) is 25.1 Å². The lowest BCUT2D eigenvalue weighted by atomic mass is 9.94. The number of unbranched alkanes of at least 4 members (excludes halogenated alkanes) is 1. The third-order valence-electron chi connectivity index (χ3n) is 7.34. The Morgan fingerprint density at radius 3 is 2.60 bits per heavy atom. The first-order chi connectivity index (χ1) is 16.3. The summed E-state index contributed by atoms with van der Waals surface area (Å²) in [5.74, 6) is 2.22. The van der Waals surface area contributed by atoms with E-state index >= 15 is 0 Å². The van der Waals surface area contributed by atoms with E-state index < -0.39 is 11.7 Å². The third kappa shape index (κ3) is 4.93. The van der Waals surface area contributed by atoms with Crippen molar-refractivity contribution in [3.8, 4) is 17.5 Å². The number of halogens is 4. The van der Waals surface area contributed by atoms with Crippen LogP contribution >= 0.6 is 12.4 Å². The molecule has 0 amide bonds. The Bertz CT molecular complexity index is 1230. The van der Waals surface area contributed by atoms with Crippen LogP contribution in [0.1, 0.15) is 41.8 Å². The topological polar surface area (TPSA) is 57.7 Å². The molecule has 0 radical (unpaired) electrons. The second-order valence-electron chi connectivity index (χ2n) is 9.52. The lowest BCUT2D eigenvalue weighted by Gasteiger charge is -2.21. The van der Waals surface area contributed by atoms with Crippen molar-refractivity contribution in [2.75, 3.05) is 19.6 Å². The number of piperidine rings is 1. The van der Waals surface area contributed by atoms with Crippen LogP contribution in [0, 0.1) is 17.2 Å². The first-order valence-corrected chi connectivity index (χ1v) is 11.6. The molecule has 2 atom stereocenters. The van der Waals surface area contributed by atoms with Crippen molar-refractivity contribution in [3.05, 3.63) is 71.0 Å². The van der Waals surface area contributed by atoms with Gasteiger partial charge in [-0.3, -0.25) is 0 Å². The SMILES string of the molecule is Cl.Cn1c(CCCCN2C[C@@H]3C[C@]3(c3ccc(C(F)(F)F)cc3)C2)nnc1-c1cccc(C#N)c1. The van der Waals surface area contributed by atoms with Crippen LogP contribution in [0.3, 0.4) is 0 Å². The van der Waals surface area contributed by atoms with Crippen molar-refractivity contribution in [1.29, 1.82) is 5.26 Å². The maximum Gasteiger partial charge on any atom is 0.416 e. The van der Waals surface area contributed by atoms with Gasteiger partial charge in [0.15, 0.2) is 5.82 Å². The maximum atomic E-state index is 12.9. The Morgan fingerprint density at radius 1 is 1.11 bits per heavy atom. The van der Waals surface area contributed by atoms with E-state index in [2.05, 4.69) is 21.2 Å². The van der Waals surface area contributed by atoms with Crippen molar-refractivity contribution in [2.45, 2.75) is 37.3 Å². The Morgan fingerprint density at radius 2 is 1.89 bits per heavy atom. The van der Waals surface area contributed by atoms with Crippen LogP contribution in [0.5, 0.6) is 0 Å². The molecule has 1 aromatic heterocycles. The minimum absolute atomic E-state index is 0. The van der Waals surface area contributed by atoms with E-state index in [1.807, 2.05) is 29.8 Å². The second-order valence-corrected chi connectivity index (χ2v) is 9.52. The van der Waals surface area contributed by atoms with Crippen LogP contribution in [-0.4, -0.2) is 39.3 Å². The number of fused-ring (bicyclic) bond motifs is 1. The summed E-state index contributed by atoms with van der Waals surface area (Å²) in [6.07, 6.45) is -0.377. The standard InChI is InChI=1S/C26H26F3N5.ClH/c1-33-23(31-32-24(33)19-6-4-5-18(13-19)15-30)7-2-3-12-34-16-22-14-25(22,17-34)20-8-10-21(11-9-20)26(27,28)29;/h4-6,8-11,13,22H,2-3,7,12,14,16-17H2,1H3;1H/t22-,25+;/m0./s1. The predicted molar refractivity (Wildman–Crippen MR) is 129 cm³/mol. The molecule has 3 aromatic rings. The average molecular weight is 502 g/mol. The van der Waals surface area contributed by atoms with Crippen LogP contribution < -0.4 is 0 Å². The molecule has 0 bridgehead atoms. The Labute approximate surface area is 209 Å². The molecule has 1 saturated carbocycles. The summed E-state index contributed by atoms with van der Waals surface area (Å²) in [5, 5.41) is 17.8. The van der Waals surface area contributed by atoms with E-state index in [0.29, 0.717) is 11.5 Å². The molecule has 35 heavy (non-hydrogen) atoms. The Balaban J connectivity index is 0.00000289. The number of likely N-dealkylation sites (tertiary alicyclic amines) is 1. The molecule has 2 aromatic carbocycles. The molecule has 5 nitrogen and oxygen atoms in total. The number of hydrogen-bond acceptors (Lipinski definition) is 4. The predicted octanol–water partition coefficient (Wildman–Crippen LogP) is 5.39. The van der Waals surface area contributed by atoms with Gasteiger partial charge >= 0.3 is 6.18 Å². The summed E-state index contributed by atoms with van der Waals surface area (Å²) in [6, 6.07) is 15.3. The average Bonchev–Trinajstić information content (AvgIpc) is 3.20. The summed E-state index contributed by atoms with van der Waals surface area (Å²) in [4.78, 5) is 2.45. The van der Waals surface area contributed by atoms with Gasteiger partial charge in [0.2, 0.25) is 0 Å². The fourth-order valence-corrected chi connectivity index (χ4v) is 5.37. The van der Waals surface area contributed by atoms with Gasteiger partial charge in [0.1, 0.15) is 5.82 Å². The molecule has 0 unspecified atom stereocenters. The molecule has 9 heteroatoms. The van der Waals surface area contributed by atoms with Crippen LogP contribution in [0.25, 0.3) is 11.4 Å². The van der Waals surface area contributed by atoms with E-state index in [-0.39, 0.29) is 17.8 Å². The van der Waals surface area contributed by atoms with Gasteiger partial charge in [0, 0.05) is 37.5 Å². The molecular weight excluding hydrogens is 475 g/mol. The van der Waals surface area contributed by atoms with E-state index in [1.165, 1.54) is 12.1 Å². The van der Waals surface area contributed by atoms with Crippen molar-refractivity contribution in [2.24, 2.45) is 13.0 Å². The summed E-state index contributed by atoms with van der Waals surface area (Å²) in [5.41, 5.74) is 1.98. The largest absolute Gasteiger partial charge is 0.416 e. The van der Waals surface area contributed by atoms with E-state index in [9.17, 15) is 13.2 Å². The first-order valence-electron chi connectivity index (χ1n) is 11.6. The fraction of sp³-hybridized carbons (Fsp3) is 0.423. The van der Waals surface area contributed by atoms with Crippen molar-refractivity contribution < 1.29 is 13.2 Å². The molecule has 1 aliphatic heterocycles. The monoisotopic (exact) mass is 501 g/mol. The molecule has 0 N–H and O–H groups in total. The van der Waals surface area contributed by atoms with Crippen LogP contribution in [0.2, 0.25) is 0 Å². The Hall–Kier alpha value is -2.89. The van der Waals surface area contributed by atoms with Gasteiger partial charge < -0.3 is 9.47 Å². The molecule has 184 valence electrons. The molecule has 5 rings (SSSR count). The van der Waals surface area contributed by atoms with Gasteiger partial charge in [0.05, 0.1) is 17.2 Å². The first kappa shape index (κ1) is 25.2. The molecule has 2 aliphatic rings. The van der Waals surface area contributed by atoms with Gasteiger partial charge in [-0.2, -0.15) is 18.4 Å². The van der Waals surface area contributed by atoms with E-state index in [0.717, 1.165) is 68.1 Å². The summed E-state index contributed by atoms with van der Waals surface area (Å²) in [7, 11) is 1.95. The number of aryl methyl sites for hydroxylation is 1. The smallest absolute Gasteiger partial charge is 0.314 e. The zero-order valence-corrected chi connectivity index (χ0v) is 20.2. The quantitative estimate of drug-likeness (QED) is 0.407. The maximum absolute atomic E-state index is 12.9. The third-order valence-corrected chi connectivity index (χ3v) is 7.34. The van der Waals surface area contributed by atoms with Crippen LogP contribution in [0.15, 0.2) is 48.5 Å². The van der Waals surface area contributed by atoms with Gasteiger partial charge in [0.25, 0.3) is 0 Å². The molecule has 2 heterocycles. The number of alkyl halides is 3. The number of rotatable bonds is 7. The number of nitriles is 1. The second kappa shape index (κ2) is 9.63.